The Morgan fingerprint density at radius 2 is 1.12 bits per heavy atom. The van der Waals surface area contributed by atoms with Crippen LogP contribution in [0.4, 0.5) is 38.1 Å². The zero-order valence-corrected chi connectivity index (χ0v) is 29.8. The average molecular weight is 807 g/mol. The number of thioether (sulfide) groups is 1. The maximum atomic E-state index is 13.0. The lowest BCUT2D eigenvalue weighted by molar-refractivity contribution is -0.143. The first kappa shape index (κ1) is 38.1. The van der Waals surface area contributed by atoms with Crippen molar-refractivity contribution in [2.45, 2.75) is 41.7 Å². The van der Waals surface area contributed by atoms with E-state index < -0.39 is 29.0 Å². The van der Waals surface area contributed by atoms with Gasteiger partial charge in [0.25, 0.3) is 0 Å². The highest BCUT2D eigenvalue weighted by Gasteiger charge is 2.37. The second kappa shape index (κ2) is 15.6. The number of hydrogen-bond acceptors (Lipinski definition) is 11. The number of nitrogens with one attached hydrogen (secondary N) is 3. The van der Waals surface area contributed by atoms with E-state index in [1.807, 2.05) is 13.8 Å². The normalized spacial score (nSPS) is 11.7. The summed E-state index contributed by atoms with van der Waals surface area (Å²) in [5, 5.41) is 17.7. The fraction of sp³-hybridized carbons (Fsp3) is 0.172. The molecule has 11 nitrogen and oxygen atoms in total. The van der Waals surface area contributed by atoms with E-state index in [-0.39, 0.29) is 39.1 Å². The van der Waals surface area contributed by atoms with Gasteiger partial charge in [0.15, 0.2) is 22.0 Å². The van der Waals surface area contributed by atoms with E-state index in [4.69, 9.17) is 34.8 Å². The Kier molecular flexibility index (Phi) is 11.6. The molecule has 6 rings (SSSR count). The molecule has 22 heteroatoms. The second-order valence-corrected chi connectivity index (χ2v) is 13.1. The van der Waals surface area contributed by atoms with Crippen molar-refractivity contribution in [3.63, 3.8) is 0 Å². The molecule has 0 atom stereocenters. The van der Waals surface area contributed by atoms with Gasteiger partial charge in [-0.3, -0.25) is 10.2 Å². The molecule has 266 valence electrons. The molecule has 0 aliphatic heterocycles. The molecule has 4 heterocycles. The largest absolute Gasteiger partial charge is 0.416 e. The number of aromatic nitrogens is 10. The number of aryl methyl sites for hydroxylation is 2. The minimum atomic E-state index is -4.97. The number of halogens is 9. The third kappa shape index (κ3) is 10.4. The molecule has 0 aliphatic carbocycles. The number of H-pyrrole nitrogens is 2. The molecule has 3 N–H and O–H groups in total. The number of aromatic amines is 2. The summed E-state index contributed by atoms with van der Waals surface area (Å²) in [4.78, 5) is 24.5. The van der Waals surface area contributed by atoms with Crippen molar-refractivity contribution in [3.8, 4) is 22.8 Å². The van der Waals surface area contributed by atoms with Gasteiger partial charge in [0.1, 0.15) is 21.3 Å². The molecule has 51 heavy (non-hydrogen) atoms. The molecular weight excluding hydrogens is 787 g/mol. The topological polar surface area (TPSA) is 147 Å². The first-order chi connectivity index (χ1) is 23.9. The average Bonchev–Trinajstić information content (AvgIpc) is 3.69. The highest BCUT2D eigenvalue weighted by molar-refractivity contribution is 7.99. The third-order valence-electron chi connectivity index (χ3n) is 6.23. The van der Waals surface area contributed by atoms with Crippen LogP contribution in [0.15, 0.2) is 64.0 Å². The SMILES string of the molecule is CSc1nc(Cl)cc(Nc2n[nH]c(-c3cc(C(F)(F)F)cc(C(F)(F)F)c3)n2)n1.Cc1cc(C)cc(-c2nc(Sc3nc(Cl)cc(Cl)n3)n[nH]2)c1. The van der Waals surface area contributed by atoms with Crippen molar-refractivity contribution < 1.29 is 26.3 Å². The van der Waals surface area contributed by atoms with Crippen LogP contribution in [0.25, 0.3) is 22.8 Å². The van der Waals surface area contributed by atoms with Gasteiger partial charge in [-0.2, -0.15) is 31.3 Å². The Labute approximate surface area is 307 Å². The van der Waals surface area contributed by atoms with Gasteiger partial charge in [-0.1, -0.05) is 63.8 Å². The third-order valence-corrected chi connectivity index (χ3v) is 8.09. The summed E-state index contributed by atoms with van der Waals surface area (Å²) >= 11 is 20.0. The Morgan fingerprint density at radius 1 is 0.588 bits per heavy atom. The number of alkyl halides is 6. The van der Waals surface area contributed by atoms with Gasteiger partial charge in [-0.25, -0.2) is 24.9 Å². The van der Waals surface area contributed by atoms with Gasteiger partial charge in [0, 0.05) is 23.3 Å². The van der Waals surface area contributed by atoms with Crippen LogP contribution in [0.2, 0.25) is 15.5 Å². The summed E-state index contributed by atoms with van der Waals surface area (Å²) < 4.78 is 78.0. The minimum absolute atomic E-state index is 0.0336. The van der Waals surface area contributed by atoms with Crippen LogP contribution in [0.5, 0.6) is 0 Å². The molecule has 0 saturated heterocycles. The molecule has 4 aromatic heterocycles. The summed E-state index contributed by atoms with van der Waals surface area (Å²) in [6, 6.07) is 10.2. The van der Waals surface area contributed by atoms with Gasteiger partial charge < -0.3 is 5.32 Å². The molecule has 0 amide bonds. The molecule has 0 unspecified atom stereocenters. The van der Waals surface area contributed by atoms with Gasteiger partial charge in [0.2, 0.25) is 11.1 Å². The first-order valence-electron chi connectivity index (χ1n) is 13.9. The number of hydrogen-bond donors (Lipinski definition) is 3. The zero-order chi connectivity index (χ0) is 37.1. The number of benzene rings is 2. The lowest BCUT2D eigenvalue weighted by Gasteiger charge is -2.13. The summed E-state index contributed by atoms with van der Waals surface area (Å²) in [5.74, 6) is 0.462. The van der Waals surface area contributed by atoms with Gasteiger partial charge in [-0.15, -0.1) is 10.2 Å². The maximum Gasteiger partial charge on any atom is 0.416 e. The van der Waals surface area contributed by atoms with E-state index in [9.17, 15) is 26.3 Å². The van der Waals surface area contributed by atoms with Crippen LogP contribution in [-0.2, 0) is 12.4 Å². The molecule has 6 aromatic rings. The fourth-order valence-corrected chi connectivity index (χ4v) is 6.05. The summed E-state index contributed by atoms with van der Waals surface area (Å²) in [7, 11) is 0. The molecule has 0 saturated carbocycles. The van der Waals surface area contributed by atoms with E-state index in [2.05, 4.69) is 73.8 Å². The summed E-state index contributed by atoms with van der Waals surface area (Å²) in [5.41, 5.74) is -0.0166. The zero-order valence-electron chi connectivity index (χ0n) is 25.9. The van der Waals surface area contributed by atoms with Crippen molar-refractivity contribution in [1.82, 2.24) is 50.3 Å². The van der Waals surface area contributed by atoms with Crippen LogP contribution < -0.4 is 5.32 Å². The smallest absolute Gasteiger partial charge is 0.307 e. The van der Waals surface area contributed by atoms with E-state index >= 15 is 0 Å². The number of rotatable bonds is 7. The van der Waals surface area contributed by atoms with Crippen molar-refractivity contribution in [3.05, 3.63) is 86.2 Å². The quantitative estimate of drug-likeness (QED) is 0.0613. The predicted molar refractivity (Wildman–Crippen MR) is 181 cm³/mol. The molecule has 0 spiro atoms. The highest BCUT2D eigenvalue weighted by atomic mass is 35.5. The Hall–Kier alpha value is -4.17. The van der Waals surface area contributed by atoms with Crippen molar-refractivity contribution in [2.24, 2.45) is 0 Å². The van der Waals surface area contributed by atoms with Crippen LogP contribution in [0.1, 0.15) is 22.3 Å². The van der Waals surface area contributed by atoms with Crippen LogP contribution in [-0.4, -0.2) is 56.6 Å². The molecule has 2 aromatic carbocycles. The van der Waals surface area contributed by atoms with Crippen molar-refractivity contribution in [2.75, 3.05) is 11.6 Å². The summed E-state index contributed by atoms with van der Waals surface area (Å²) in [6.45, 7) is 4.09. The van der Waals surface area contributed by atoms with Gasteiger partial charge in [0.05, 0.1) is 11.1 Å². The van der Waals surface area contributed by atoms with E-state index in [0.717, 1.165) is 5.56 Å². The second-order valence-electron chi connectivity index (χ2n) is 10.2. The van der Waals surface area contributed by atoms with E-state index in [1.165, 1.54) is 46.8 Å². The lowest BCUT2D eigenvalue weighted by atomic mass is 10.0. The maximum absolute atomic E-state index is 13.0. The molecule has 0 bridgehead atoms. The monoisotopic (exact) mass is 805 g/mol. The Bertz CT molecular complexity index is 2100. The molecular formula is C29H20Cl3F6N11S2. The van der Waals surface area contributed by atoms with Crippen LogP contribution in [0, 0.1) is 13.8 Å². The predicted octanol–water partition coefficient (Wildman–Crippen LogP) is 9.75. The van der Waals surface area contributed by atoms with Gasteiger partial charge in [-0.05, 0) is 62.2 Å². The molecule has 0 radical (unpaired) electrons. The van der Waals surface area contributed by atoms with Crippen molar-refractivity contribution in [1.29, 1.82) is 0 Å². The molecule has 0 fully saturated rings. The van der Waals surface area contributed by atoms with E-state index in [0.29, 0.717) is 33.4 Å². The van der Waals surface area contributed by atoms with Gasteiger partial charge >= 0.3 is 12.4 Å². The van der Waals surface area contributed by atoms with Crippen LogP contribution in [0.3, 0.4) is 0 Å². The summed E-state index contributed by atoms with van der Waals surface area (Å²) in [6.07, 6.45) is -8.22. The number of anilines is 2. The first-order valence-corrected chi connectivity index (χ1v) is 17.1. The standard InChI is InChI=1S/C15H9ClF6N6S.C14H11Cl2N5S/c1-29-13-23-9(16)5-10(25-13)24-12-26-11(27-28-12)6-2-7(14(17,18)19)4-8(3-6)15(20,21)22;1-7-3-8(2)5-9(4-7)12-19-14(21-20-12)22-13-17-10(15)6-11(16)18-13/h2-5H,1H3,(H2,23,24,25,26,27,28);3-6H,1-2H3,(H,19,20,21). The molecule has 0 aliphatic rings. The van der Waals surface area contributed by atoms with Crippen LogP contribution >= 0.6 is 58.3 Å². The van der Waals surface area contributed by atoms with E-state index in [1.54, 1.807) is 6.26 Å². The number of nitrogens with zero attached hydrogens (tertiary/aromatic N) is 8. The lowest BCUT2D eigenvalue weighted by Crippen LogP contribution is -2.11. The highest BCUT2D eigenvalue weighted by Crippen LogP contribution is 2.38. The van der Waals surface area contributed by atoms with Crippen molar-refractivity contribution >= 4 is 70.1 Å². The Morgan fingerprint density at radius 3 is 1.71 bits per heavy atom. The fourth-order valence-electron chi connectivity index (χ4n) is 4.24. The minimum Gasteiger partial charge on any atom is -0.307 e. The Balaban J connectivity index is 0.000000205.